The van der Waals surface area contributed by atoms with Gasteiger partial charge in [0, 0.05) is 0 Å². The lowest BCUT2D eigenvalue weighted by molar-refractivity contribution is 0.00691. The van der Waals surface area contributed by atoms with Crippen LogP contribution in [0, 0.1) is 0 Å². The number of allylic oxidation sites excluding steroid dienone is 1. The summed E-state index contributed by atoms with van der Waals surface area (Å²) in [6.07, 6.45) is 1.75. The maximum Gasteiger partial charge on any atom is 0.338 e. The van der Waals surface area contributed by atoms with Gasteiger partial charge in [0.05, 0.1) is 11.1 Å². The van der Waals surface area contributed by atoms with E-state index in [1.54, 1.807) is 26.8 Å². The summed E-state index contributed by atoms with van der Waals surface area (Å²) in [6.45, 7) is 10.6. The molecule has 0 spiro atoms. The molecule has 0 heterocycles. The molecule has 0 unspecified atom stereocenters. The van der Waals surface area contributed by atoms with Gasteiger partial charge in [-0.1, -0.05) is 6.08 Å². The van der Waals surface area contributed by atoms with Gasteiger partial charge in [-0.25, -0.2) is 9.59 Å². The fourth-order valence-corrected chi connectivity index (χ4v) is 1.09. The third kappa shape index (κ3) is 7.03. The second kappa shape index (κ2) is 7.36. The molecule has 0 saturated carbocycles. The number of carbonyl (C=O) groups is 2. The number of benzene rings is 1. The fraction of sp³-hybridized carbons (Fsp3) is 0.333. The Hall–Kier alpha value is -2.10. The van der Waals surface area contributed by atoms with Gasteiger partial charge in [-0.3, -0.25) is 0 Å². The molecule has 19 heavy (non-hydrogen) atoms. The van der Waals surface area contributed by atoms with Crippen LogP contribution in [0.15, 0.2) is 36.9 Å². The van der Waals surface area contributed by atoms with Gasteiger partial charge < -0.3 is 9.84 Å². The molecule has 4 nitrogen and oxygen atoms in total. The highest BCUT2D eigenvalue weighted by molar-refractivity contribution is 5.92. The number of aromatic carboxylic acids is 1. The second-order valence-electron chi connectivity index (χ2n) is 4.79. The normalized spacial score (nSPS) is 9.89. The maximum atomic E-state index is 11.6. The SMILES string of the molecule is C=CC.CC(C)(C)OC(=O)c1ccc(C(=O)O)cc1. The zero-order valence-corrected chi connectivity index (χ0v) is 11.8. The first-order chi connectivity index (χ1) is 8.71. The van der Waals surface area contributed by atoms with Crippen LogP contribution in [0.5, 0.6) is 0 Å². The lowest BCUT2D eigenvalue weighted by atomic mass is 10.1. The van der Waals surface area contributed by atoms with E-state index >= 15 is 0 Å². The average Bonchev–Trinajstić information content (AvgIpc) is 2.28. The van der Waals surface area contributed by atoms with Crippen LogP contribution in [0.3, 0.4) is 0 Å². The fourth-order valence-electron chi connectivity index (χ4n) is 1.09. The van der Waals surface area contributed by atoms with Crippen LogP contribution < -0.4 is 0 Å². The molecular formula is C15H20O4. The molecule has 0 bridgehead atoms. The second-order valence-corrected chi connectivity index (χ2v) is 4.79. The topological polar surface area (TPSA) is 63.6 Å². The van der Waals surface area contributed by atoms with Crippen molar-refractivity contribution in [1.29, 1.82) is 0 Å². The summed E-state index contributed by atoms with van der Waals surface area (Å²) < 4.78 is 5.14. The first-order valence-corrected chi connectivity index (χ1v) is 5.85. The Bertz CT molecular complexity index is 438. The van der Waals surface area contributed by atoms with E-state index in [2.05, 4.69) is 6.58 Å². The molecule has 0 aliphatic rings. The summed E-state index contributed by atoms with van der Waals surface area (Å²) in [5.41, 5.74) is -0.0602. The van der Waals surface area contributed by atoms with Crippen LogP contribution >= 0.6 is 0 Å². The van der Waals surface area contributed by atoms with E-state index in [0.717, 1.165) is 0 Å². The van der Waals surface area contributed by atoms with E-state index in [4.69, 9.17) is 9.84 Å². The number of carboxylic acid groups (broad SMARTS) is 1. The molecule has 104 valence electrons. The lowest BCUT2D eigenvalue weighted by Gasteiger charge is -2.19. The standard InChI is InChI=1S/C12H14O4.C3H6/c1-12(2,3)16-11(15)9-6-4-8(5-7-9)10(13)14;1-3-2/h4-7H,1-3H3,(H,13,14);3H,1H2,2H3. The molecule has 0 aromatic heterocycles. The maximum absolute atomic E-state index is 11.6. The van der Waals surface area contributed by atoms with Crippen molar-refractivity contribution in [2.45, 2.75) is 33.3 Å². The Morgan fingerprint density at radius 2 is 1.53 bits per heavy atom. The van der Waals surface area contributed by atoms with E-state index in [1.165, 1.54) is 24.3 Å². The van der Waals surface area contributed by atoms with Crippen molar-refractivity contribution in [1.82, 2.24) is 0 Å². The van der Waals surface area contributed by atoms with Crippen molar-refractivity contribution >= 4 is 11.9 Å². The molecule has 0 aliphatic carbocycles. The molecule has 1 aromatic carbocycles. The Morgan fingerprint density at radius 1 is 1.16 bits per heavy atom. The first-order valence-electron chi connectivity index (χ1n) is 5.85. The van der Waals surface area contributed by atoms with Gasteiger partial charge in [0.25, 0.3) is 0 Å². The highest BCUT2D eigenvalue weighted by atomic mass is 16.6. The van der Waals surface area contributed by atoms with Crippen LogP contribution in [-0.2, 0) is 4.74 Å². The molecule has 0 amide bonds. The molecular weight excluding hydrogens is 244 g/mol. The Morgan fingerprint density at radius 3 is 1.84 bits per heavy atom. The summed E-state index contributed by atoms with van der Waals surface area (Å²) in [5.74, 6) is -1.47. The number of carbonyl (C=O) groups excluding carboxylic acids is 1. The first kappa shape index (κ1) is 16.9. The van der Waals surface area contributed by atoms with Crippen molar-refractivity contribution in [3.63, 3.8) is 0 Å². The average molecular weight is 264 g/mol. The largest absolute Gasteiger partial charge is 0.478 e. The monoisotopic (exact) mass is 264 g/mol. The predicted octanol–water partition coefficient (Wildman–Crippen LogP) is 3.53. The summed E-state index contributed by atoms with van der Waals surface area (Å²) in [7, 11) is 0. The summed E-state index contributed by atoms with van der Waals surface area (Å²) >= 11 is 0. The number of esters is 1. The van der Waals surface area contributed by atoms with Gasteiger partial charge >= 0.3 is 11.9 Å². The highest BCUT2D eigenvalue weighted by Gasteiger charge is 2.17. The van der Waals surface area contributed by atoms with Crippen LogP contribution in [0.4, 0.5) is 0 Å². The zero-order valence-electron chi connectivity index (χ0n) is 11.8. The van der Waals surface area contributed by atoms with Crippen LogP contribution in [0.25, 0.3) is 0 Å². The highest BCUT2D eigenvalue weighted by Crippen LogP contribution is 2.12. The van der Waals surface area contributed by atoms with Gasteiger partial charge in [-0.2, -0.15) is 0 Å². The molecule has 0 saturated heterocycles. The number of hydrogen-bond acceptors (Lipinski definition) is 3. The summed E-state index contributed by atoms with van der Waals surface area (Å²) in [5, 5.41) is 8.68. The van der Waals surface area contributed by atoms with Crippen LogP contribution in [-0.4, -0.2) is 22.6 Å². The molecule has 4 heteroatoms. The van der Waals surface area contributed by atoms with Gasteiger partial charge in [0.1, 0.15) is 5.60 Å². The number of rotatable bonds is 2. The minimum absolute atomic E-state index is 0.146. The Balaban J connectivity index is 0.000000982. The summed E-state index contributed by atoms with van der Waals surface area (Å²) in [4.78, 5) is 22.2. The van der Waals surface area contributed by atoms with E-state index < -0.39 is 17.5 Å². The Kier molecular flexibility index (Phi) is 6.55. The minimum atomic E-state index is -1.02. The van der Waals surface area contributed by atoms with Gasteiger partial charge in [0.2, 0.25) is 0 Å². The number of ether oxygens (including phenoxy) is 1. The van der Waals surface area contributed by atoms with E-state index in [9.17, 15) is 9.59 Å². The molecule has 0 fully saturated rings. The van der Waals surface area contributed by atoms with Crippen molar-refractivity contribution in [2.75, 3.05) is 0 Å². The predicted molar refractivity (Wildman–Crippen MR) is 74.4 cm³/mol. The van der Waals surface area contributed by atoms with Gasteiger partial charge in [-0.15, -0.1) is 6.58 Å². The minimum Gasteiger partial charge on any atom is -0.478 e. The third-order valence-electron chi connectivity index (χ3n) is 1.77. The van der Waals surface area contributed by atoms with Gasteiger partial charge in [-0.05, 0) is 52.0 Å². The number of hydrogen-bond donors (Lipinski definition) is 1. The molecule has 1 N–H and O–H groups in total. The zero-order chi connectivity index (χ0) is 15.1. The molecule has 0 radical (unpaired) electrons. The van der Waals surface area contributed by atoms with E-state index in [1.807, 2.05) is 6.92 Å². The molecule has 0 atom stereocenters. The lowest BCUT2D eigenvalue weighted by Crippen LogP contribution is -2.23. The Labute approximate surface area is 113 Å². The third-order valence-corrected chi connectivity index (χ3v) is 1.77. The molecule has 0 aliphatic heterocycles. The van der Waals surface area contributed by atoms with Crippen molar-refractivity contribution in [3.8, 4) is 0 Å². The van der Waals surface area contributed by atoms with Crippen molar-refractivity contribution in [2.24, 2.45) is 0 Å². The summed E-state index contributed by atoms with van der Waals surface area (Å²) in [6, 6.07) is 5.64. The van der Waals surface area contributed by atoms with Crippen LogP contribution in [0.1, 0.15) is 48.4 Å². The number of carboxylic acids is 1. The van der Waals surface area contributed by atoms with Crippen molar-refractivity contribution in [3.05, 3.63) is 48.0 Å². The van der Waals surface area contributed by atoms with Crippen LogP contribution in [0.2, 0.25) is 0 Å². The van der Waals surface area contributed by atoms with Gasteiger partial charge in [0.15, 0.2) is 0 Å². The smallest absolute Gasteiger partial charge is 0.338 e. The molecule has 1 rings (SSSR count). The van der Waals surface area contributed by atoms with E-state index in [-0.39, 0.29) is 5.56 Å². The molecule has 1 aromatic rings. The quantitative estimate of drug-likeness (QED) is 0.655. The van der Waals surface area contributed by atoms with E-state index in [0.29, 0.717) is 5.56 Å². The van der Waals surface area contributed by atoms with Crippen molar-refractivity contribution < 1.29 is 19.4 Å².